The Bertz CT molecular complexity index is 413. The maximum atomic E-state index is 13.2. The molecular weight excluding hydrogens is 278 g/mol. The summed E-state index contributed by atoms with van der Waals surface area (Å²) in [4.78, 5) is 13.4. The maximum Gasteiger partial charge on any atom is 0.241 e. The second-order valence-electron chi connectivity index (χ2n) is 3.67. The molecule has 100 valence electrons. The smallest absolute Gasteiger partial charge is 0.241 e. The molecule has 0 aliphatic heterocycles. The van der Waals surface area contributed by atoms with Gasteiger partial charge in [-0.2, -0.15) is 0 Å². The molecule has 1 aromatic carbocycles. The topological polar surface area (TPSA) is 32.3 Å². The molecule has 0 atom stereocenters. The SMILES string of the molecule is CCN(CC)C(=O)CNc1cc(Cl)c(F)c(Cl)c1. The van der Waals surface area contributed by atoms with Crippen molar-refractivity contribution in [3.63, 3.8) is 0 Å². The van der Waals surface area contributed by atoms with Crippen LogP contribution in [0.3, 0.4) is 0 Å². The highest BCUT2D eigenvalue weighted by Gasteiger charge is 2.11. The highest BCUT2D eigenvalue weighted by Crippen LogP contribution is 2.27. The number of hydrogen-bond donors (Lipinski definition) is 1. The molecule has 18 heavy (non-hydrogen) atoms. The Hall–Kier alpha value is -1.00. The maximum absolute atomic E-state index is 13.2. The van der Waals surface area contributed by atoms with Gasteiger partial charge in [-0.15, -0.1) is 0 Å². The van der Waals surface area contributed by atoms with Crippen molar-refractivity contribution in [2.75, 3.05) is 25.0 Å². The summed E-state index contributed by atoms with van der Waals surface area (Å²) in [5, 5.41) is 2.74. The number of nitrogens with one attached hydrogen (secondary N) is 1. The molecule has 0 aliphatic rings. The lowest BCUT2D eigenvalue weighted by atomic mass is 10.3. The van der Waals surface area contributed by atoms with E-state index in [2.05, 4.69) is 5.32 Å². The van der Waals surface area contributed by atoms with Crippen LogP contribution in [0.2, 0.25) is 10.0 Å². The van der Waals surface area contributed by atoms with Crippen molar-refractivity contribution in [2.24, 2.45) is 0 Å². The van der Waals surface area contributed by atoms with Gasteiger partial charge in [0.1, 0.15) is 0 Å². The normalized spacial score (nSPS) is 10.3. The number of anilines is 1. The van der Waals surface area contributed by atoms with Crippen LogP contribution in [0.4, 0.5) is 10.1 Å². The summed E-state index contributed by atoms with van der Waals surface area (Å²) in [6.07, 6.45) is 0. The molecule has 0 aromatic heterocycles. The van der Waals surface area contributed by atoms with E-state index in [1.165, 1.54) is 12.1 Å². The zero-order valence-electron chi connectivity index (χ0n) is 10.3. The third kappa shape index (κ3) is 3.75. The molecule has 0 saturated carbocycles. The van der Waals surface area contributed by atoms with Gasteiger partial charge in [0.15, 0.2) is 5.82 Å². The van der Waals surface area contributed by atoms with E-state index in [1.54, 1.807) is 4.90 Å². The van der Waals surface area contributed by atoms with Crippen molar-refractivity contribution in [1.82, 2.24) is 4.90 Å². The van der Waals surface area contributed by atoms with E-state index in [4.69, 9.17) is 23.2 Å². The second kappa shape index (κ2) is 6.81. The van der Waals surface area contributed by atoms with Crippen molar-refractivity contribution in [3.05, 3.63) is 28.0 Å². The van der Waals surface area contributed by atoms with Crippen LogP contribution in [0.15, 0.2) is 12.1 Å². The van der Waals surface area contributed by atoms with Crippen LogP contribution < -0.4 is 5.32 Å². The lowest BCUT2D eigenvalue weighted by Gasteiger charge is -2.19. The number of nitrogens with zero attached hydrogens (tertiary/aromatic N) is 1. The molecule has 1 rings (SSSR count). The number of carbonyl (C=O) groups is 1. The summed E-state index contributed by atoms with van der Waals surface area (Å²) in [5.74, 6) is -0.685. The van der Waals surface area contributed by atoms with Crippen molar-refractivity contribution >= 4 is 34.8 Å². The molecule has 1 aromatic rings. The quantitative estimate of drug-likeness (QED) is 0.844. The number of rotatable bonds is 5. The van der Waals surface area contributed by atoms with Gasteiger partial charge < -0.3 is 10.2 Å². The van der Waals surface area contributed by atoms with E-state index in [-0.39, 0.29) is 22.5 Å². The minimum absolute atomic E-state index is 0.0310. The summed E-state index contributed by atoms with van der Waals surface area (Å²) in [5.41, 5.74) is 0.520. The number of halogens is 3. The Labute approximate surface area is 116 Å². The van der Waals surface area contributed by atoms with Gasteiger partial charge in [-0.1, -0.05) is 23.2 Å². The van der Waals surface area contributed by atoms with Gasteiger partial charge >= 0.3 is 0 Å². The largest absolute Gasteiger partial charge is 0.376 e. The molecule has 0 saturated heterocycles. The van der Waals surface area contributed by atoms with Crippen molar-refractivity contribution < 1.29 is 9.18 Å². The number of hydrogen-bond acceptors (Lipinski definition) is 2. The van der Waals surface area contributed by atoms with E-state index in [0.717, 1.165) is 0 Å². The van der Waals surface area contributed by atoms with Crippen LogP contribution in [0.1, 0.15) is 13.8 Å². The Kier molecular flexibility index (Phi) is 5.69. The third-order valence-electron chi connectivity index (χ3n) is 2.54. The van der Waals surface area contributed by atoms with Gasteiger partial charge in [0, 0.05) is 18.8 Å². The fourth-order valence-corrected chi connectivity index (χ4v) is 2.01. The molecule has 0 aliphatic carbocycles. The summed E-state index contributed by atoms with van der Waals surface area (Å²) in [7, 11) is 0. The molecule has 0 bridgehead atoms. The van der Waals surface area contributed by atoms with Crippen LogP contribution in [0, 0.1) is 5.82 Å². The molecule has 3 nitrogen and oxygen atoms in total. The van der Waals surface area contributed by atoms with Crippen molar-refractivity contribution in [3.8, 4) is 0 Å². The van der Waals surface area contributed by atoms with Crippen LogP contribution in [0.25, 0.3) is 0 Å². The summed E-state index contributed by atoms with van der Waals surface area (Å²) < 4.78 is 13.2. The summed E-state index contributed by atoms with van der Waals surface area (Å²) in [6.45, 7) is 5.25. The predicted octanol–water partition coefficient (Wildman–Crippen LogP) is 3.41. The van der Waals surface area contributed by atoms with Gasteiger partial charge in [-0.25, -0.2) is 4.39 Å². The van der Waals surface area contributed by atoms with Crippen LogP contribution in [-0.4, -0.2) is 30.4 Å². The van der Waals surface area contributed by atoms with Crippen molar-refractivity contribution in [1.29, 1.82) is 0 Å². The Morgan fingerprint density at radius 1 is 1.28 bits per heavy atom. The van der Waals surface area contributed by atoms with E-state index in [9.17, 15) is 9.18 Å². The molecule has 0 radical (unpaired) electrons. The first-order valence-electron chi connectivity index (χ1n) is 5.65. The lowest BCUT2D eigenvalue weighted by molar-refractivity contribution is -0.128. The molecule has 0 unspecified atom stereocenters. The molecule has 1 amide bonds. The first kappa shape index (κ1) is 15.1. The highest BCUT2D eigenvalue weighted by atomic mass is 35.5. The Morgan fingerprint density at radius 3 is 2.22 bits per heavy atom. The molecule has 1 N–H and O–H groups in total. The summed E-state index contributed by atoms with van der Waals surface area (Å²) >= 11 is 11.3. The fourth-order valence-electron chi connectivity index (χ4n) is 1.52. The van der Waals surface area contributed by atoms with Crippen LogP contribution >= 0.6 is 23.2 Å². The van der Waals surface area contributed by atoms with E-state index in [0.29, 0.717) is 18.8 Å². The minimum Gasteiger partial charge on any atom is -0.376 e. The minimum atomic E-state index is -0.654. The van der Waals surface area contributed by atoms with E-state index < -0.39 is 5.82 Å². The third-order valence-corrected chi connectivity index (χ3v) is 3.09. The average Bonchev–Trinajstić information content (AvgIpc) is 2.34. The zero-order valence-corrected chi connectivity index (χ0v) is 11.8. The van der Waals surface area contributed by atoms with Crippen LogP contribution in [0.5, 0.6) is 0 Å². The Morgan fingerprint density at radius 2 is 1.78 bits per heavy atom. The second-order valence-corrected chi connectivity index (χ2v) is 4.49. The van der Waals surface area contributed by atoms with Gasteiger partial charge in [0.2, 0.25) is 5.91 Å². The first-order chi connectivity index (χ1) is 8.49. The fraction of sp³-hybridized carbons (Fsp3) is 0.417. The highest BCUT2D eigenvalue weighted by molar-refractivity contribution is 6.35. The number of benzene rings is 1. The van der Waals surface area contributed by atoms with E-state index >= 15 is 0 Å². The van der Waals surface area contributed by atoms with Gasteiger partial charge in [0.05, 0.1) is 16.6 Å². The standard InChI is InChI=1S/C12H15Cl2FN2O/c1-3-17(4-2)11(18)7-16-8-5-9(13)12(15)10(14)6-8/h5-6,16H,3-4,7H2,1-2H3. The number of likely N-dealkylation sites (N-methyl/N-ethyl adjacent to an activating group) is 1. The monoisotopic (exact) mass is 292 g/mol. The summed E-state index contributed by atoms with van der Waals surface area (Å²) in [6, 6.07) is 2.80. The van der Waals surface area contributed by atoms with Crippen molar-refractivity contribution in [2.45, 2.75) is 13.8 Å². The molecule has 0 spiro atoms. The molecule has 6 heteroatoms. The Balaban J connectivity index is 2.67. The average molecular weight is 293 g/mol. The molecule has 0 fully saturated rings. The predicted molar refractivity (Wildman–Crippen MR) is 72.8 cm³/mol. The van der Waals surface area contributed by atoms with Gasteiger partial charge in [-0.05, 0) is 26.0 Å². The number of carbonyl (C=O) groups excluding carboxylic acids is 1. The van der Waals surface area contributed by atoms with Gasteiger partial charge in [-0.3, -0.25) is 4.79 Å². The van der Waals surface area contributed by atoms with Gasteiger partial charge in [0.25, 0.3) is 0 Å². The molecular formula is C12H15Cl2FN2O. The van der Waals surface area contributed by atoms with E-state index in [1.807, 2.05) is 13.8 Å². The number of amides is 1. The molecule has 0 heterocycles. The first-order valence-corrected chi connectivity index (χ1v) is 6.41. The van der Waals surface area contributed by atoms with Crippen LogP contribution in [-0.2, 0) is 4.79 Å². The zero-order chi connectivity index (χ0) is 13.7. The lowest BCUT2D eigenvalue weighted by Crippen LogP contribution is -2.35.